The third kappa shape index (κ3) is 8.59. The number of allylic oxidation sites excluding steroid dienone is 3. The number of hydrogen-bond acceptors (Lipinski definition) is 3. The summed E-state index contributed by atoms with van der Waals surface area (Å²) in [7, 11) is 0. The molecule has 0 amide bonds. The van der Waals surface area contributed by atoms with Gasteiger partial charge in [-0.1, -0.05) is 140 Å². The lowest BCUT2D eigenvalue weighted by Crippen LogP contribution is -2.16. The van der Waals surface area contributed by atoms with Crippen molar-refractivity contribution < 1.29 is 0 Å². The maximum atomic E-state index is 2.35. The Kier molecular flexibility index (Phi) is 11.3. The molecule has 0 unspecified atom stereocenters. The minimum Gasteiger partial charge on any atom is -0.311 e. The van der Waals surface area contributed by atoms with E-state index in [-0.39, 0.29) is 0 Å². The van der Waals surface area contributed by atoms with Crippen LogP contribution in [0, 0.1) is 0 Å². The summed E-state index contributed by atoms with van der Waals surface area (Å²) >= 11 is 0. The predicted octanol–water partition coefficient (Wildman–Crippen LogP) is 17.0. The highest BCUT2D eigenvalue weighted by Crippen LogP contribution is 2.40. The average molecular weight is 810 g/mol. The van der Waals surface area contributed by atoms with Crippen LogP contribution in [0.3, 0.4) is 0 Å². The van der Waals surface area contributed by atoms with Gasteiger partial charge < -0.3 is 14.7 Å². The Morgan fingerprint density at radius 3 is 0.794 bits per heavy atom. The van der Waals surface area contributed by atoms with Gasteiger partial charge in [0.15, 0.2) is 0 Å². The number of hydrogen-bond donors (Lipinski definition) is 0. The van der Waals surface area contributed by atoms with Crippen molar-refractivity contribution in [2.24, 2.45) is 0 Å². The largest absolute Gasteiger partial charge is 0.311 e. The third-order valence-corrected chi connectivity index (χ3v) is 11.6. The standard InChI is InChI=1S/C60H47N3/c1-7-19-52(20-8-1)61(53-21-9-2-10-22-53)58-37-31-46(32-38-58)49-43-50(47-33-39-59(40-34-47)62(54-23-11-3-12-24-54)55-25-13-4-14-26-55)45-51(44-49)48-35-41-60(42-36-48)63(56-27-15-5-16-28-56)57-29-17-6-18-30-57/h1-5,7-17,19-45H,6,18H2. The van der Waals surface area contributed by atoms with E-state index >= 15 is 0 Å². The molecule has 0 aromatic heterocycles. The zero-order valence-corrected chi connectivity index (χ0v) is 35.1. The molecule has 3 heteroatoms. The zero-order chi connectivity index (χ0) is 42.2. The molecule has 10 rings (SSSR count). The third-order valence-electron chi connectivity index (χ3n) is 11.6. The van der Waals surface area contributed by atoms with Crippen LogP contribution in [0.2, 0.25) is 0 Å². The average Bonchev–Trinajstić information content (AvgIpc) is 3.37. The Bertz CT molecular complexity index is 2720. The molecule has 0 atom stereocenters. The van der Waals surface area contributed by atoms with Crippen LogP contribution in [-0.4, -0.2) is 0 Å². The van der Waals surface area contributed by atoms with Gasteiger partial charge in [0.05, 0.1) is 0 Å². The van der Waals surface area contributed by atoms with Gasteiger partial charge in [0.25, 0.3) is 0 Å². The fraction of sp³-hybridized carbons (Fsp3) is 0.0333. The second kappa shape index (κ2) is 18.2. The first-order valence-electron chi connectivity index (χ1n) is 21.7. The number of rotatable bonds is 12. The number of nitrogens with zero attached hydrogens (tertiary/aromatic N) is 3. The van der Waals surface area contributed by atoms with Crippen LogP contribution in [0.4, 0.5) is 45.5 Å². The summed E-state index contributed by atoms with van der Waals surface area (Å²) in [4.78, 5) is 6.97. The van der Waals surface area contributed by atoms with Gasteiger partial charge >= 0.3 is 0 Å². The SMILES string of the molecule is C1=CC(N(c2ccccc2)c2ccc(-c3cc(-c4ccc(N(c5ccccc5)c5ccccc5)cc4)cc(-c4ccc(N(c5ccccc5)c5ccccc5)cc4)c3)cc2)=CCC1. The molecule has 0 saturated heterocycles. The first-order valence-corrected chi connectivity index (χ1v) is 21.7. The zero-order valence-electron chi connectivity index (χ0n) is 35.1. The van der Waals surface area contributed by atoms with E-state index in [1.165, 1.54) is 5.70 Å². The van der Waals surface area contributed by atoms with Crippen molar-refractivity contribution in [3.05, 3.63) is 267 Å². The summed E-state index contributed by atoms with van der Waals surface area (Å²) in [5.74, 6) is 0. The minimum absolute atomic E-state index is 1.04. The molecule has 0 radical (unpaired) electrons. The summed E-state index contributed by atoms with van der Waals surface area (Å²) < 4.78 is 0. The van der Waals surface area contributed by atoms with Crippen LogP contribution < -0.4 is 14.7 Å². The van der Waals surface area contributed by atoms with Crippen LogP contribution in [0.25, 0.3) is 33.4 Å². The molecule has 0 N–H and O–H groups in total. The van der Waals surface area contributed by atoms with Gasteiger partial charge in [-0.3, -0.25) is 0 Å². The summed E-state index contributed by atoms with van der Waals surface area (Å²) in [5.41, 5.74) is 17.1. The van der Waals surface area contributed by atoms with Crippen LogP contribution >= 0.6 is 0 Å². The fourth-order valence-corrected chi connectivity index (χ4v) is 8.53. The molecule has 0 bridgehead atoms. The van der Waals surface area contributed by atoms with Crippen LogP contribution in [0.5, 0.6) is 0 Å². The maximum absolute atomic E-state index is 2.35. The first-order chi connectivity index (χ1) is 31.2. The van der Waals surface area contributed by atoms with Crippen molar-refractivity contribution in [1.82, 2.24) is 0 Å². The van der Waals surface area contributed by atoms with Gasteiger partial charge in [0.2, 0.25) is 0 Å². The summed E-state index contributed by atoms with van der Waals surface area (Å²) in [6.45, 7) is 0. The van der Waals surface area contributed by atoms with E-state index in [4.69, 9.17) is 0 Å². The molecule has 9 aromatic carbocycles. The Morgan fingerprint density at radius 1 is 0.238 bits per heavy atom. The Balaban J connectivity index is 1.05. The van der Waals surface area contributed by atoms with Gasteiger partial charge in [-0.05, 0) is 168 Å². The fourth-order valence-electron chi connectivity index (χ4n) is 8.53. The summed E-state index contributed by atoms with van der Waals surface area (Å²) in [6.07, 6.45) is 8.97. The molecule has 0 heterocycles. The lowest BCUT2D eigenvalue weighted by atomic mass is 9.93. The predicted molar refractivity (Wildman–Crippen MR) is 267 cm³/mol. The Labute approximate surface area is 371 Å². The maximum Gasteiger partial charge on any atom is 0.0462 e. The van der Waals surface area contributed by atoms with E-state index in [0.717, 1.165) is 91.7 Å². The number of anilines is 8. The van der Waals surface area contributed by atoms with Crippen molar-refractivity contribution in [3.8, 4) is 33.4 Å². The molecule has 0 spiro atoms. The molecule has 1 aliphatic rings. The molecule has 0 aliphatic heterocycles. The van der Waals surface area contributed by atoms with Gasteiger partial charge in [-0.15, -0.1) is 0 Å². The molecule has 3 nitrogen and oxygen atoms in total. The van der Waals surface area contributed by atoms with Gasteiger partial charge in [0.1, 0.15) is 0 Å². The topological polar surface area (TPSA) is 9.72 Å². The molecule has 0 fully saturated rings. The summed E-state index contributed by atoms with van der Waals surface area (Å²) in [5, 5.41) is 0. The van der Waals surface area contributed by atoms with E-state index in [2.05, 4.69) is 276 Å². The first kappa shape index (κ1) is 39.0. The van der Waals surface area contributed by atoms with E-state index in [0.29, 0.717) is 0 Å². The van der Waals surface area contributed by atoms with E-state index < -0.39 is 0 Å². The van der Waals surface area contributed by atoms with E-state index in [9.17, 15) is 0 Å². The van der Waals surface area contributed by atoms with Crippen molar-refractivity contribution in [3.63, 3.8) is 0 Å². The molecular formula is C60H47N3. The normalized spacial score (nSPS) is 12.0. The molecule has 9 aromatic rings. The highest BCUT2D eigenvalue weighted by Gasteiger charge is 2.17. The van der Waals surface area contributed by atoms with Gasteiger partial charge in [-0.25, -0.2) is 0 Å². The number of para-hydroxylation sites is 5. The second-order valence-corrected chi connectivity index (χ2v) is 15.7. The lowest BCUT2D eigenvalue weighted by molar-refractivity contribution is 0.997. The molecule has 1 aliphatic carbocycles. The van der Waals surface area contributed by atoms with Gasteiger partial charge in [0, 0.05) is 51.2 Å². The van der Waals surface area contributed by atoms with Gasteiger partial charge in [-0.2, -0.15) is 0 Å². The van der Waals surface area contributed by atoms with Crippen molar-refractivity contribution in [2.45, 2.75) is 12.8 Å². The highest BCUT2D eigenvalue weighted by atomic mass is 15.2. The monoisotopic (exact) mass is 809 g/mol. The lowest BCUT2D eigenvalue weighted by Gasteiger charge is -2.27. The van der Waals surface area contributed by atoms with Crippen molar-refractivity contribution in [2.75, 3.05) is 14.7 Å². The molecule has 0 saturated carbocycles. The van der Waals surface area contributed by atoms with Crippen LogP contribution in [-0.2, 0) is 0 Å². The summed E-state index contributed by atoms with van der Waals surface area (Å²) in [6, 6.07) is 87.0. The second-order valence-electron chi connectivity index (χ2n) is 15.7. The van der Waals surface area contributed by atoms with E-state index in [1.807, 2.05) is 0 Å². The smallest absolute Gasteiger partial charge is 0.0462 e. The van der Waals surface area contributed by atoms with Crippen molar-refractivity contribution in [1.29, 1.82) is 0 Å². The highest BCUT2D eigenvalue weighted by molar-refractivity contribution is 5.85. The van der Waals surface area contributed by atoms with E-state index in [1.54, 1.807) is 0 Å². The Hall–Kier alpha value is -8.14. The minimum atomic E-state index is 1.04. The number of benzene rings is 9. The quantitative estimate of drug-likeness (QED) is 0.122. The molecule has 63 heavy (non-hydrogen) atoms. The molecule has 302 valence electrons. The Morgan fingerprint density at radius 2 is 0.508 bits per heavy atom. The van der Waals surface area contributed by atoms with Crippen molar-refractivity contribution >= 4 is 45.5 Å². The van der Waals surface area contributed by atoms with Crippen LogP contribution in [0.15, 0.2) is 267 Å². The van der Waals surface area contributed by atoms with Crippen LogP contribution in [0.1, 0.15) is 12.8 Å². The molecular weight excluding hydrogens is 763 g/mol.